The summed E-state index contributed by atoms with van der Waals surface area (Å²) in [5.74, 6) is -0.209. The number of hydrogen-bond donors (Lipinski definition) is 3. The van der Waals surface area contributed by atoms with Crippen LogP contribution in [0.5, 0.6) is 0 Å². The van der Waals surface area contributed by atoms with Crippen molar-refractivity contribution in [3.05, 3.63) is 81.0 Å². The quantitative estimate of drug-likeness (QED) is 0.305. The van der Waals surface area contributed by atoms with E-state index < -0.39 is 5.82 Å². The van der Waals surface area contributed by atoms with Gasteiger partial charge < -0.3 is 16.4 Å². The van der Waals surface area contributed by atoms with Crippen molar-refractivity contribution in [1.29, 1.82) is 5.41 Å². The number of halogens is 3. The van der Waals surface area contributed by atoms with Gasteiger partial charge in [-0.2, -0.15) is 0 Å². The van der Waals surface area contributed by atoms with Crippen molar-refractivity contribution >= 4 is 40.4 Å². The minimum atomic E-state index is -0.481. The highest BCUT2D eigenvalue weighted by molar-refractivity contribution is 6.35. The van der Waals surface area contributed by atoms with Gasteiger partial charge in [-0.25, -0.2) is 9.37 Å². The summed E-state index contributed by atoms with van der Waals surface area (Å²) in [6.07, 6.45) is 6.11. The first-order valence-corrected chi connectivity index (χ1v) is 11.8. The average Bonchev–Trinajstić information content (AvgIpc) is 2.77. The fourth-order valence-corrected chi connectivity index (χ4v) is 5.07. The van der Waals surface area contributed by atoms with Crippen molar-refractivity contribution in [3.63, 3.8) is 0 Å². The van der Waals surface area contributed by atoms with Gasteiger partial charge >= 0.3 is 0 Å². The van der Waals surface area contributed by atoms with E-state index in [-0.39, 0.29) is 23.0 Å². The molecule has 1 atom stereocenters. The van der Waals surface area contributed by atoms with Gasteiger partial charge in [-0.05, 0) is 48.1 Å². The number of hydrogen-bond acceptors (Lipinski definition) is 6. The van der Waals surface area contributed by atoms with Crippen LogP contribution >= 0.6 is 23.2 Å². The minimum absolute atomic E-state index is 0.0152. The maximum absolute atomic E-state index is 14.9. The Morgan fingerprint density at radius 3 is 2.50 bits per heavy atom. The number of benzene rings is 1. The number of nitrogen functional groups attached to an aromatic ring is 1. The summed E-state index contributed by atoms with van der Waals surface area (Å²) in [5, 5.41) is 9.70. The lowest BCUT2D eigenvalue weighted by atomic mass is 9.88. The molecular weight excluding hydrogens is 474 g/mol. The lowest BCUT2D eigenvalue weighted by Crippen LogP contribution is -2.67. The van der Waals surface area contributed by atoms with Gasteiger partial charge in [0.15, 0.2) is 11.6 Å². The summed E-state index contributed by atoms with van der Waals surface area (Å²) >= 11 is 12.6. The molecule has 0 saturated carbocycles. The molecule has 0 radical (unpaired) electrons. The van der Waals surface area contributed by atoms with Crippen molar-refractivity contribution in [2.45, 2.75) is 38.1 Å². The molecule has 178 valence electrons. The molecule has 0 spiro atoms. The fraction of sp³-hybridized carbons (Fsp3) is 0.320. The van der Waals surface area contributed by atoms with E-state index in [1.54, 1.807) is 18.5 Å². The van der Waals surface area contributed by atoms with Crippen molar-refractivity contribution in [2.75, 3.05) is 23.7 Å². The molecule has 34 heavy (non-hydrogen) atoms. The van der Waals surface area contributed by atoms with E-state index in [0.29, 0.717) is 46.4 Å². The summed E-state index contributed by atoms with van der Waals surface area (Å²) in [6, 6.07) is 6.84. The highest BCUT2D eigenvalue weighted by Gasteiger charge is 2.39. The van der Waals surface area contributed by atoms with E-state index in [4.69, 9.17) is 40.1 Å². The molecule has 0 aliphatic carbocycles. The van der Waals surface area contributed by atoms with Crippen LogP contribution in [-0.2, 0) is 6.42 Å². The van der Waals surface area contributed by atoms with Gasteiger partial charge in [-0.3, -0.25) is 10.4 Å². The second-order valence-electron chi connectivity index (χ2n) is 9.02. The molecule has 6 nitrogen and oxygen atoms in total. The van der Waals surface area contributed by atoms with Crippen LogP contribution in [0.25, 0.3) is 0 Å². The fourth-order valence-electron chi connectivity index (χ4n) is 4.34. The molecule has 1 aromatic carbocycles. The number of nitrogens with two attached hydrogens (primary N) is 2. The molecule has 1 aliphatic heterocycles. The van der Waals surface area contributed by atoms with E-state index in [1.165, 1.54) is 12.3 Å². The van der Waals surface area contributed by atoms with Crippen LogP contribution in [-0.4, -0.2) is 34.3 Å². The molecule has 3 heterocycles. The normalized spacial score (nSPS) is 15.6. The van der Waals surface area contributed by atoms with Gasteiger partial charge in [-0.15, -0.1) is 0 Å². The lowest BCUT2D eigenvalue weighted by molar-refractivity contribution is 0.317. The third-order valence-electron chi connectivity index (χ3n) is 6.44. The van der Waals surface area contributed by atoms with E-state index in [9.17, 15) is 4.39 Å². The van der Waals surface area contributed by atoms with E-state index in [1.807, 2.05) is 30.9 Å². The second-order valence-corrected chi connectivity index (χ2v) is 9.83. The predicted molar refractivity (Wildman–Crippen MR) is 137 cm³/mol. The summed E-state index contributed by atoms with van der Waals surface area (Å²) in [7, 11) is 0. The van der Waals surface area contributed by atoms with E-state index in [0.717, 1.165) is 17.5 Å². The molecule has 9 heteroatoms. The largest absolute Gasteiger partial charge is 0.398 e. The summed E-state index contributed by atoms with van der Waals surface area (Å²) in [6.45, 7) is 5.16. The van der Waals surface area contributed by atoms with E-state index in [2.05, 4.69) is 9.97 Å². The minimum Gasteiger partial charge on any atom is -0.398 e. The number of nitrogens with one attached hydrogen (secondary N) is 1. The Hall–Kier alpha value is -2.74. The molecule has 5 N–H and O–H groups in total. The molecule has 1 saturated heterocycles. The van der Waals surface area contributed by atoms with Crippen LogP contribution in [0.1, 0.15) is 48.4 Å². The number of aromatic nitrogens is 2. The van der Waals surface area contributed by atoms with Crippen molar-refractivity contribution in [3.8, 4) is 0 Å². The lowest BCUT2D eigenvalue weighted by Gasteiger charge is -2.48. The Morgan fingerprint density at radius 2 is 1.88 bits per heavy atom. The number of rotatable bonds is 7. The molecule has 1 aliphatic rings. The smallest absolute Gasteiger partial charge is 0.166 e. The topological polar surface area (TPSA) is 105 Å². The molecular formula is C25H27Cl2FN6. The van der Waals surface area contributed by atoms with Crippen LogP contribution < -0.4 is 16.4 Å². The molecule has 3 aromatic rings. The van der Waals surface area contributed by atoms with Gasteiger partial charge in [0, 0.05) is 48.5 Å². The number of nitrogens with zero attached hydrogens (tertiary/aromatic N) is 3. The number of pyridine rings is 2. The third kappa shape index (κ3) is 4.73. The molecule has 4 rings (SSSR count). The Morgan fingerprint density at radius 1 is 1.21 bits per heavy atom. The van der Waals surface area contributed by atoms with Gasteiger partial charge in [0.1, 0.15) is 0 Å². The highest BCUT2D eigenvalue weighted by atomic mass is 35.5. The zero-order valence-electron chi connectivity index (χ0n) is 19.1. The van der Waals surface area contributed by atoms with Gasteiger partial charge in [0.05, 0.1) is 21.3 Å². The Balaban J connectivity index is 1.55. The summed E-state index contributed by atoms with van der Waals surface area (Å²) < 4.78 is 14.9. The Kier molecular flexibility index (Phi) is 6.80. The van der Waals surface area contributed by atoms with Crippen LogP contribution in [0.2, 0.25) is 10.0 Å². The monoisotopic (exact) mass is 500 g/mol. The summed E-state index contributed by atoms with van der Waals surface area (Å²) in [5.41, 5.74) is 15.3. The van der Waals surface area contributed by atoms with Crippen LogP contribution in [0.3, 0.4) is 0 Å². The first kappa shape index (κ1) is 24.4. The second kappa shape index (κ2) is 9.49. The Bertz CT molecular complexity index is 1220. The highest BCUT2D eigenvalue weighted by Crippen LogP contribution is 2.33. The summed E-state index contributed by atoms with van der Waals surface area (Å²) in [4.78, 5) is 10.1. The maximum atomic E-state index is 14.9. The zero-order chi connectivity index (χ0) is 24.6. The van der Waals surface area contributed by atoms with Gasteiger partial charge in [0.25, 0.3) is 0 Å². The van der Waals surface area contributed by atoms with Crippen molar-refractivity contribution in [1.82, 2.24) is 9.97 Å². The van der Waals surface area contributed by atoms with Gasteiger partial charge in [0.2, 0.25) is 0 Å². The maximum Gasteiger partial charge on any atom is 0.166 e. The molecule has 0 amide bonds. The molecule has 2 aromatic heterocycles. The van der Waals surface area contributed by atoms with Crippen LogP contribution in [0.15, 0.2) is 42.9 Å². The SMILES string of the molecule is CCC1(N)CN(c2ncc(C(=N)c3cc(C[C@H](C)c4c(Cl)cncc4Cl)ccc3N)cc2F)C1. The average molecular weight is 501 g/mol. The molecule has 0 bridgehead atoms. The first-order valence-electron chi connectivity index (χ1n) is 11.1. The van der Waals surface area contributed by atoms with Gasteiger partial charge in [-0.1, -0.05) is 43.1 Å². The predicted octanol–water partition coefficient (Wildman–Crippen LogP) is 5.19. The van der Waals surface area contributed by atoms with Crippen LogP contribution in [0, 0.1) is 11.2 Å². The Labute approximate surface area is 208 Å². The van der Waals surface area contributed by atoms with Crippen LogP contribution in [0.4, 0.5) is 15.9 Å². The molecule has 0 unspecified atom stereocenters. The standard InChI is InChI=1S/C25H27Cl2FN6/c1-3-25(31)12-34(13-25)24-20(28)8-16(9-33-24)23(30)17-7-15(4-5-21(17)29)6-14(2)22-18(26)10-32-11-19(22)27/h4-5,7-11,14,30H,3,6,12-13,29,31H2,1-2H3/t14-/m0/s1. The van der Waals surface area contributed by atoms with E-state index >= 15 is 0 Å². The third-order valence-corrected chi connectivity index (χ3v) is 7.04. The number of anilines is 2. The van der Waals surface area contributed by atoms with Crippen molar-refractivity contribution < 1.29 is 4.39 Å². The van der Waals surface area contributed by atoms with Crippen molar-refractivity contribution in [2.24, 2.45) is 5.73 Å². The zero-order valence-corrected chi connectivity index (χ0v) is 20.6. The molecule has 1 fully saturated rings. The first-order chi connectivity index (χ1) is 16.1.